The van der Waals surface area contributed by atoms with Crippen molar-refractivity contribution in [1.82, 2.24) is 10.5 Å². The van der Waals surface area contributed by atoms with Gasteiger partial charge in [0.15, 0.2) is 0 Å². The highest BCUT2D eigenvalue weighted by Crippen LogP contribution is 2.24. The van der Waals surface area contributed by atoms with Gasteiger partial charge in [0, 0.05) is 6.04 Å². The predicted octanol–water partition coefficient (Wildman–Crippen LogP) is 3.14. The van der Waals surface area contributed by atoms with Gasteiger partial charge in [0.05, 0.1) is 5.39 Å². The SMILES string of the molecule is C[C@H]1CC[C@@H](NC(=O)c2onc3ccccc23)CC1. The molecule has 0 bridgehead atoms. The molecule has 0 radical (unpaired) electrons. The Morgan fingerprint density at radius 1 is 1.26 bits per heavy atom. The Hall–Kier alpha value is -1.84. The maximum Gasteiger partial charge on any atom is 0.290 e. The second-order valence-corrected chi connectivity index (χ2v) is 5.46. The number of fused-ring (bicyclic) bond motifs is 1. The number of benzene rings is 1. The summed E-state index contributed by atoms with van der Waals surface area (Å²) in [6.07, 6.45) is 4.47. The van der Waals surface area contributed by atoms with Crippen molar-refractivity contribution >= 4 is 16.8 Å². The monoisotopic (exact) mass is 258 g/mol. The van der Waals surface area contributed by atoms with Crippen molar-refractivity contribution < 1.29 is 9.32 Å². The molecule has 4 heteroatoms. The van der Waals surface area contributed by atoms with Crippen LogP contribution < -0.4 is 5.32 Å². The number of carbonyl (C=O) groups is 1. The molecule has 1 saturated carbocycles. The summed E-state index contributed by atoms with van der Waals surface area (Å²) in [6.45, 7) is 2.27. The molecule has 0 saturated heterocycles. The van der Waals surface area contributed by atoms with E-state index in [0.717, 1.165) is 29.7 Å². The molecule has 100 valence electrons. The van der Waals surface area contributed by atoms with E-state index in [1.165, 1.54) is 12.8 Å². The second kappa shape index (κ2) is 5.03. The van der Waals surface area contributed by atoms with Gasteiger partial charge in [-0.1, -0.05) is 24.2 Å². The van der Waals surface area contributed by atoms with E-state index in [1.807, 2.05) is 24.3 Å². The van der Waals surface area contributed by atoms with Crippen molar-refractivity contribution in [3.63, 3.8) is 0 Å². The summed E-state index contributed by atoms with van der Waals surface area (Å²) in [5.74, 6) is 0.960. The predicted molar refractivity (Wildman–Crippen MR) is 72.9 cm³/mol. The van der Waals surface area contributed by atoms with E-state index in [4.69, 9.17) is 4.52 Å². The van der Waals surface area contributed by atoms with E-state index in [1.54, 1.807) is 0 Å². The van der Waals surface area contributed by atoms with Crippen molar-refractivity contribution in [2.75, 3.05) is 0 Å². The lowest BCUT2D eigenvalue weighted by Crippen LogP contribution is -2.37. The maximum atomic E-state index is 12.2. The Kier molecular flexibility index (Phi) is 3.23. The molecule has 2 aromatic rings. The Bertz CT molecular complexity index is 583. The molecule has 4 nitrogen and oxygen atoms in total. The molecule has 1 aliphatic carbocycles. The maximum absolute atomic E-state index is 12.2. The van der Waals surface area contributed by atoms with Gasteiger partial charge in [-0.15, -0.1) is 0 Å². The van der Waals surface area contributed by atoms with Gasteiger partial charge in [0.2, 0.25) is 5.76 Å². The van der Waals surface area contributed by atoms with Gasteiger partial charge >= 0.3 is 0 Å². The summed E-state index contributed by atoms with van der Waals surface area (Å²) in [7, 11) is 0. The first kappa shape index (κ1) is 12.2. The van der Waals surface area contributed by atoms with Gasteiger partial charge in [-0.3, -0.25) is 4.79 Å². The zero-order valence-corrected chi connectivity index (χ0v) is 11.1. The molecule has 1 fully saturated rings. The van der Waals surface area contributed by atoms with Gasteiger partial charge in [0.25, 0.3) is 5.91 Å². The van der Waals surface area contributed by atoms with Gasteiger partial charge in [-0.05, 0) is 43.7 Å². The van der Waals surface area contributed by atoms with Crippen molar-refractivity contribution in [3.8, 4) is 0 Å². The third kappa shape index (κ3) is 2.48. The normalized spacial score (nSPS) is 23.4. The molecule has 1 N–H and O–H groups in total. The van der Waals surface area contributed by atoms with Crippen LogP contribution in [0.4, 0.5) is 0 Å². The van der Waals surface area contributed by atoms with Crippen LogP contribution in [0.25, 0.3) is 10.9 Å². The highest BCUT2D eigenvalue weighted by molar-refractivity contribution is 6.03. The van der Waals surface area contributed by atoms with E-state index in [9.17, 15) is 4.79 Å². The molecule has 1 aromatic heterocycles. The minimum Gasteiger partial charge on any atom is -0.350 e. The van der Waals surface area contributed by atoms with Crippen LogP contribution in [0.5, 0.6) is 0 Å². The minimum absolute atomic E-state index is 0.145. The van der Waals surface area contributed by atoms with Crippen molar-refractivity contribution in [3.05, 3.63) is 30.0 Å². The molecule has 3 rings (SSSR count). The van der Waals surface area contributed by atoms with E-state index >= 15 is 0 Å². The highest BCUT2D eigenvalue weighted by Gasteiger charge is 2.23. The van der Waals surface area contributed by atoms with Gasteiger partial charge in [-0.2, -0.15) is 0 Å². The third-order valence-electron chi connectivity index (χ3n) is 3.94. The van der Waals surface area contributed by atoms with Crippen LogP contribution in [0, 0.1) is 5.92 Å². The van der Waals surface area contributed by atoms with E-state index in [0.29, 0.717) is 5.76 Å². The number of hydrogen-bond donors (Lipinski definition) is 1. The first-order valence-corrected chi connectivity index (χ1v) is 6.89. The van der Waals surface area contributed by atoms with Crippen LogP contribution in [0.2, 0.25) is 0 Å². The number of nitrogens with one attached hydrogen (secondary N) is 1. The summed E-state index contributed by atoms with van der Waals surface area (Å²) in [6, 6.07) is 7.75. The number of hydrogen-bond acceptors (Lipinski definition) is 3. The summed E-state index contributed by atoms with van der Waals surface area (Å²) < 4.78 is 5.18. The Morgan fingerprint density at radius 2 is 2.00 bits per heavy atom. The number of carbonyl (C=O) groups excluding carboxylic acids is 1. The van der Waals surface area contributed by atoms with Crippen LogP contribution in [0.1, 0.15) is 43.2 Å². The number of aromatic nitrogens is 1. The molecular formula is C15H18N2O2. The van der Waals surface area contributed by atoms with Gasteiger partial charge < -0.3 is 9.84 Å². The average molecular weight is 258 g/mol. The second-order valence-electron chi connectivity index (χ2n) is 5.46. The van der Waals surface area contributed by atoms with Gasteiger partial charge in [0.1, 0.15) is 5.52 Å². The highest BCUT2D eigenvalue weighted by atomic mass is 16.5. The van der Waals surface area contributed by atoms with E-state index < -0.39 is 0 Å². The quantitative estimate of drug-likeness (QED) is 0.900. The molecule has 19 heavy (non-hydrogen) atoms. The van der Waals surface area contributed by atoms with E-state index in [2.05, 4.69) is 17.4 Å². The topological polar surface area (TPSA) is 55.1 Å². The Labute approximate surface area is 112 Å². The van der Waals surface area contributed by atoms with Crippen LogP contribution >= 0.6 is 0 Å². The molecule has 0 spiro atoms. The summed E-state index contributed by atoms with van der Waals surface area (Å²) >= 11 is 0. The van der Waals surface area contributed by atoms with Crippen molar-refractivity contribution in [2.24, 2.45) is 5.92 Å². The van der Waals surface area contributed by atoms with E-state index in [-0.39, 0.29) is 11.9 Å². The zero-order valence-electron chi connectivity index (χ0n) is 11.1. The number of amides is 1. The first-order chi connectivity index (χ1) is 9.24. The lowest BCUT2D eigenvalue weighted by atomic mass is 9.87. The Morgan fingerprint density at radius 3 is 2.79 bits per heavy atom. The fraction of sp³-hybridized carbons (Fsp3) is 0.467. The fourth-order valence-electron chi connectivity index (χ4n) is 2.71. The molecular weight excluding hydrogens is 240 g/mol. The summed E-state index contributed by atoms with van der Waals surface area (Å²) in [4.78, 5) is 12.2. The average Bonchev–Trinajstić information content (AvgIpc) is 2.85. The van der Waals surface area contributed by atoms with Crippen molar-refractivity contribution in [2.45, 2.75) is 38.6 Å². The number of nitrogens with zero attached hydrogens (tertiary/aromatic N) is 1. The van der Waals surface area contributed by atoms with Crippen LogP contribution in [0.3, 0.4) is 0 Å². The lowest BCUT2D eigenvalue weighted by molar-refractivity contribution is 0.0888. The molecule has 1 aromatic carbocycles. The number of rotatable bonds is 2. The molecule has 0 aliphatic heterocycles. The Balaban J connectivity index is 1.73. The first-order valence-electron chi connectivity index (χ1n) is 6.89. The van der Waals surface area contributed by atoms with Crippen LogP contribution in [-0.2, 0) is 0 Å². The molecule has 0 unspecified atom stereocenters. The smallest absolute Gasteiger partial charge is 0.290 e. The van der Waals surface area contributed by atoms with Gasteiger partial charge in [-0.25, -0.2) is 0 Å². The van der Waals surface area contributed by atoms with Crippen LogP contribution in [-0.4, -0.2) is 17.1 Å². The zero-order chi connectivity index (χ0) is 13.2. The fourth-order valence-corrected chi connectivity index (χ4v) is 2.71. The minimum atomic E-state index is -0.145. The standard InChI is InChI=1S/C15H18N2O2/c1-10-6-8-11(9-7-10)16-15(18)14-12-4-2-3-5-13(12)17-19-14/h2-5,10-11H,6-9H2,1H3,(H,16,18)/t10-,11+. The largest absolute Gasteiger partial charge is 0.350 e. The molecule has 1 aliphatic rings. The molecule has 1 heterocycles. The summed E-state index contributed by atoms with van der Waals surface area (Å²) in [5.41, 5.74) is 0.727. The molecule has 0 atom stereocenters. The third-order valence-corrected chi connectivity index (χ3v) is 3.94. The van der Waals surface area contributed by atoms with Crippen molar-refractivity contribution in [1.29, 1.82) is 0 Å². The lowest BCUT2D eigenvalue weighted by Gasteiger charge is -2.26. The molecule has 1 amide bonds. The summed E-state index contributed by atoms with van der Waals surface area (Å²) in [5, 5.41) is 7.75. The van der Waals surface area contributed by atoms with Crippen LogP contribution in [0.15, 0.2) is 28.8 Å².